The number of hydrogen-bond acceptors (Lipinski definition) is 3. The van der Waals surface area contributed by atoms with Crippen molar-refractivity contribution in [3.63, 3.8) is 0 Å². The summed E-state index contributed by atoms with van der Waals surface area (Å²) in [7, 11) is 0. The molecule has 0 atom stereocenters. The Labute approximate surface area is 96.2 Å². The minimum atomic E-state index is 0.106. The smallest absolute Gasteiger partial charge is 0.0965 e. The first kappa shape index (κ1) is 11.1. The standard InChI is InChI=1S/C13H18N2O/c16-10-12-5-3-4-11(8-12)9-15-13-6-1-2-7-14-13/h3-5,8,16H,1-2,6-7,9-10H2,(H,14,15). The zero-order chi connectivity index (χ0) is 11.2. The molecule has 0 unspecified atom stereocenters. The van der Waals surface area contributed by atoms with E-state index in [2.05, 4.69) is 16.4 Å². The summed E-state index contributed by atoms with van der Waals surface area (Å²) in [6.07, 6.45) is 3.52. The van der Waals surface area contributed by atoms with Gasteiger partial charge in [0.1, 0.15) is 0 Å². The summed E-state index contributed by atoms with van der Waals surface area (Å²) < 4.78 is 0. The second-order valence-corrected chi connectivity index (χ2v) is 4.12. The highest BCUT2D eigenvalue weighted by molar-refractivity contribution is 5.82. The summed E-state index contributed by atoms with van der Waals surface area (Å²) in [6, 6.07) is 8.00. The molecule has 1 aromatic rings. The van der Waals surface area contributed by atoms with Crippen LogP contribution in [-0.4, -0.2) is 17.5 Å². The lowest BCUT2D eigenvalue weighted by Crippen LogP contribution is -2.25. The molecule has 0 fully saturated rings. The van der Waals surface area contributed by atoms with Gasteiger partial charge in [-0.15, -0.1) is 0 Å². The number of aliphatic imine (C=N–C) groups is 1. The van der Waals surface area contributed by atoms with Gasteiger partial charge in [-0.25, -0.2) is 0 Å². The Morgan fingerprint density at radius 1 is 1.25 bits per heavy atom. The van der Waals surface area contributed by atoms with Crippen molar-refractivity contribution >= 4 is 5.84 Å². The van der Waals surface area contributed by atoms with Crippen molar-refractivity contribution in [1.82, 2.24) is 5.32 Å². The van der Waals surface area contributed by atoms with E-state index in [0.717, 1.165) is 30.9 Å². The minimum Gasteiger partial charge on any atom is -0.392 e. The molecular weight excluding hydrogens is 200 g/mol. The van der Waals surface area contributed by atoms with Crippen molar-refractivity contribution in [2.45, 2.75) is 32.4 Å². The van der Waals surface area contributed by atoms with Crippen LogP contribution in [0, 0.1) is 0 Å². The second-order valence-electron chi connectivity index (χ2n) is 4.12. The van der Waals surface area contributed by atoms with Gasteiger partial charge in [-0.05, 0) is 24.0 Å². The summed E-state index contributed by atoms with van der Waals surface area (Å²) in [5.41, 5.74) is 2.16. The molecule has 0 amide bonds. The molecule has 2 N–H and O–H groups in total. The number of rotatable bonds is 3. The summed E-state index contributed by atoms with van der Waals surface area (Å²) in [6.45, 7) is 1.86. The zero-order valence-corrected chi connectivity index (χ0v) is 9.45. The number of hydrogen-bond donors (Lipinski definition) is 2. The van der Waals surface area contributed by atoms with Crippen molar-refractivity contribution in [3.8, 4) is 0 Å². The molecule has 1 aliphatic heterocycles. The van der Waals surface area contributed by atoms with Crippen LogP contribution in [0.1, 0.15) is 30.4 Å². The monoisotopic (exact) mass is 218 g/mol. The Bertz CT molecular complexity index is 374. The van der Waals surface area contributed by atoms with Crippen molar-refractivity contribution in [2.75, 3.05) is 6.54 Å². The molecular formula is C13H18N2O. The number of nitrogens with one attached hydrogen (secondary N) is 1. The number of aliphatic hydroxyl groups excluding tert-OH is 1. The van der Waals surface area contributed by atoms with Crippen LogP contribution in [0.15, 0.2) is 29.3 Å². The molecule has 0 radical (unpaired) electrons. The van der Waals surface area contributed by atoms with E-state index in [1.165, 1.54) is 18.4 Å². The lowest BCUT2D eigenvalue weighted by molar-refractivity contribution is 0.281. The molecule has 3 nitrogen and oxygen atoms in total. The molecule has 0 saturated heterocycles. The molecule has 3 heteroatoms. The molecule has 1 heterocycles. The van der Waals surface area contributed by atoms with E-state index in [9.17, 15) is 0 Å². The lowest BCUT2D eigenvalue weighted by atomic mass is 10.1. The van der Waals surface area contributed by atoms with Gasteiger partial charge in [0.05, 0.1) is 12.4 Å². The minimum absolute atomic E-state index is 0.106. The van der Waals surface area contributed by atoms with E-state index in [0.29, 0.717) is 0 Å². The molecule has 16 heavy (non-hydrogen) atoms. The fourth-order valence-corrected chi connectivity index (χ4v) is 1.88. The fourth-order valence-electron chi connectivity index (χ4n) is 1.88. The van der Waals surface area contributed by atoms with E-state index in [-0.39, 0.29) is 6.61 Å². The molecule has 2 rings (SSSR count). The Balaban J connectivity index is 1.91. The van der Waals surface area contributed by atoms with Crippen LogP contribution in [0.5, 0.6) is 0 Å². The van der Waals surface area contributed by atoms with Crippen LogP contribution in [0.2, 0.25) is 0 Å². The van der Waals surface area contributed by atoms with Crippen LogP contribution in [-0.2, 0) is 13.2 Å². The largest absolute Gasteiger partial charge is 0.392 e. The summed E-state index contributed by atoms with van der Waals surface area (Å²) in [5.74, 6) is 1.13. The van der Waals surface area contributed by atoms with E-state index in [1.54, 1.807) is 0 Å². The Morgan fingerprint density at radius 3 is 2.88 bits per heavy atom. The molecule has 0 aliphatic carbocycles. The van der Waals surface area contributed by atoms with Gasteiger partial charge in [0, 0.05) is 19.5 Å². The quantitative estimate of drug-likeness (QED) is 0.813. The van der Waals surface area contributed by atoms with Crippen LogP contribution < -0.4 is 5.32 Å². The fraction of sp³-hybridized carbons (Fsp3) is 0.462. The Hall–Kier alpha value is -1.35. The molecule has 0 aromatic heterocycles. The van der Waals surface area contributed by atoms with Crippen molar-refractivity contribution in [3.05, 3.63) is 35.4 Å². The van der Waals surface area contributed by atoms with Crippen molar-refractivity contribution in [2.24, 2.45) is 4.99 Å². The molecule has 1 aromatic carbocycles. The summed E-state index contributed by atoms with van der Waals surface area (Å²) >= 11 is 0. The number of nitrogens with zero attached hydrogens (tertiary/aromatic N) is 1. The first-order valence-electron chi connectivity index (χ1n) is 5.84. The molecule has 0 saturated carbocycles. The third-order valence-corrected chi connectivity index (χ3v) is 2.79. The van der Waals surface area contributed by atoms with Gasteiger partial charge in [0.2, 0.25) is 0 Å². The summed E-state index contributed by atoms with van der Waals surface area (Å²) in [5, 5.41) is 12.4. The average molecular weight is 218 g/mol. The highest BCUT2D eigenvalue weighted by Gasteiger charge is 2.04. The normalized spacial score (nSPS) is 15.7. The van der Waals surface area contributed by atoms with E-state index in [4.69, 9.17) is 5.11 Å². The number of aliphatic hydroxyl groups is 1. The third kappa shape index (κ3) is 3.07. The van der Waals surface area contributed by atoms with Gasteiger partial charge in [0.25, 0.3) is 0 Å². The van der Waals surface area contributed by atoms with Crippen molar-refractivity contribution in [1.29, 1.82) is 0 Å². The van der Waals surface area contributed by atoms with Gasteiger partial charge in [-0.3, -0.25) is 4.99 Å². The topological polar surface area (TPSA) is 44.6 Å². The highest BCUT2D eigenvalue weighted by Crippen LogP contribution is 2.07. The Morgan fingerprint density at radius 2 is 2.12 bits per heavy atom. The second kappa shape index (κ2) is 5.66. The maximum Gasteiger partial charge on any atom is 0.0965 e. The maximum absolute atomic E-state index is 9.03. The van der Waals surface area contributed by atoms with Gasteiger partial charge < -0.3 is 10.4 Å². The SMILES string of the molecule is OCc1cccc(CNC2=NCCCC2)c1. The lowest BCUT2D eigenvalue weighted by Gasteiger charge is -2.14. The number of amidine groups is 1. The van der Waals surface area contributed by atoms with Crippen LogP contribution >= 0.6 is 0 Å². The molecule has 0 spiro atoms. The van der Waals surface area contributed by atoms with Gasteiger partial charge in [0.15, 0.2) is 0 Å². The number of benzene rings is 1. The van der Waals surface area contributed by atoms with E-state index in [1.807, 2.05) is 18.2 Å². The maximum atomic E-state index is 9.03. The zero-order valence-electron chi connectivity index (χ0n) is 9.45. The predicted octanol–water partition coefficient (Wildman–Crippen LogP) is 1.85. The van der Waals surface area contributed by atoms with Gasteiger partial charge in [-0.2, -0.15) is 0 Å². The van der Waals surface area contributed by atoms with Crippen LogP contribution in [0.3, 0.4) is 0 Å². The first-order chi connectivity index (χ1) is 7.88. The molecule has 0 bridgehead atoms. The van der Waals surface area contributed by atoms with E-state index >= 15 is 0 Å². The molecule has 1 aliphatic rings. The van der Waals surface area contributed by atoms with Gasteiger partial charge in [-0.1, -0.05) is 24.3 Å². The summed E-state index contributed by atoms with van der Waals surface area (Å²) in [4.78, 5) is 4.44. The van der Waals surface area contributed by atoms with Crippen LogP contribution in [0.4, 0.5) is 0 Å². The van der Waals surface area contributed by atoms with Crippen molar-refractivity contribution < 1.29 is 5.11 Å². The van der Waals surface area contributed by atoms with Crippen LogP contribution in [0.25, 0.3) is 0 Å². The molecule has 86 valence electrons. The highest BCUT2D eigenvalue weighted by atomic mass is 16.3. The predicted molar refractivity (Wildman–Crippen MR) is 65.4 cm³/mol. The Kier molecular flexibility index (Phi) is 3.94. The average Bonchev–Trinajstić information content (AvgIpc) is 2.38. The van der Waals surface area contributed by atoms with Gasteiger partial charge >= 0.3 is 0 Å². The first-order valence-corrected chi connectivity index (χ1v) is 5.84. The third-order valence-electron chi connectivity index (χ3n) is 2.79. The van der Waals surface area contributed by atoms with E-state index < -0.39 is 0 Å².